The molecule has 28 heavy (non-hydrogen) atoms. The predicted molar refractivity (Wildman–Crippen MR) is 104 cm³/mol. The first-order chi connectivity index (χ1) is 13.4. The monoisotopic (exact) mass is 388 g/mol. The number of hydrogen-bond acceptors (Lipinski definition) is 4. The van der Waals surface area contributed by atoms with E-state index in [1.54, 1.807) is 17.3 Å². The van der Waals surface area contributed by atoms with Crippen molar-refractivity contribution in [2.75, 3.05) is 18.4 Å². The quantitative estimate of drug-likeness (QED) is 0.811. The van der Waals surface area contributed by atoms with Crippen molar-refractivity contribution in [1.82, 2.24) is 14.9 Å². The van der Waals surface area contributed by atoms with Gasteiger partial charge in [-0.15, -0.1) is 0 Å². The van der Waals surface area contributed by atoms with Crippen LogP contribution in [-0.2, 0) is 6.42 Å². The zero-order valence-corrected chi connectivity index (χ0v) is 16.3. The second kappa shape index (κ2) is 9.08. The fraction of sp³-hybridized carbons (Fsp3) is 0.476. The van der Waals surface area contributed by atoms with E-state index in [0.29, 0.717) is 37.4 Å². The van der Waals surface area contributed by atoms with Crippen LogP contribution in [0.25, 0.3) is 0 Å². The van der Waals surface area contributed by atoms with E-state index in [1.165, 1.54) is 18.2 Å². The Labute approximate surface area is 164 Å². The lowest BCUT2D eigenvalue weighted by Gasteiger charge is -2.33. The highest BCUT2D eigenvalue weighted by molar-refractivity contribution is 5.93. The van der Waals surface area contributed by atoms with E-state index < -0.39 is 11.6 Å². The number of anilines is 1. The van der Waals surface area contributed by atoms with E-state index in [1.807, 2.05) is 13.8 Å². The topological polar surface area (TPSA) is 58.1 Å². The number of likely N-dealkylation sites (tertiary alicyclic amines) is 1. The van der Waals surface area contributed by atoms with Crippen LogP contribution in [0.15, 0.2) is 30.6 Å². The van der Waals surface area contributed by atoms with Crippen LogP contribution in [-0.4, -0.2) is 39.9 Å². The fourth-order valence-corrected chi connectivity index (χ4v) is 3.56. The van der Waals surface area contributed by atoms with Crippen molar-refractivity contribution >= 4 is 11.9 Å². The van der Waals surface area contributed by atoms with Gasteiger partial charge in [-0.25, -0.2) is 18.7 Å². The van der Waals surface area contributed by atoms with E-state index in [4.69, 9.17) is 0 Å². The lowest BCUT2D eigenvalue weighted by Crippen LogP contribution is -2.40. The Balaban J connectivity index is 1.59. The Morgan fingerprint density at radius 2 is 1.93 bits per heavy atom. The van der Waals surface area contributed by atoms with Gasteiger partial charge in [0.05, 0.1) is 5.56 Å². The maximum atomic E-state index is 13.8. The molecule has 0 unspecified atom stereocenters. The first kappa shape index (κ1) is 20.2. The van der Waals surface area contributed by atoms with Gasteiger partial charge < -0.3 is 10.2 Å². The van der Waals surface area contributed by atoms with Gasteiger partial charge in [0.15, 0.2) is 0 Å². The van der Waals surface area contributed by atoms with Crippen molar-refractivity contribution in [3.05, 3.63) is 53.4 Å². The summed E-state index contributed by atoms with van der Waals surface area (Å²) in [5.41, 5.74) is 0.586. The Morgan fingerprint density at radius 1 is 1.25 bits per heavy atom. The van der Waals surface area contributed by atoms with Gasteiger partial charge in [-0.3, -0.25) is 4.79 Å². The number of amides is 1. The summed E-state index contributed by atoms with van der Waals surface area (Å²) in [7, 11) is 0. The molecule has 1 aliphatic heterocycles. The summed E-state index contributed by atoms with van der Waals surface area (Å²) in [6, 6.07) is 4.16. The average Bonchev–Trinajstić information content (AvgIpc) is 2.67. The van der Waals surface area contributed by atoms with Crippen LogP contribution in [0.2, 0.25) is 0 Å². The highest BCUT2D eigenvalue weighted by atomic mass is 19.1. The van der Waals surface area contributed by atoms with Crippen LogP contribution in [0.4, 0.5) is 14.7 Å². The third kappa shape index (κ3) is 5.03. The molecule has 1 fully saturated rings. The number of aromatic nitrogens is 2. The SMILES string of the molecule is CC(C)Nc1ncc(C(=O)N2CCC[C@H](CCc3c(F)cccc3F)C2)cn1. The molecule has 1 saturated heterocycles. The number of benzene rings is 1. The van der Waals surface area contributed by atoms with Gasteiger partial charge in [-0.1, -0.05) is 6.07 Å². The molecule has 1 N–H and O–H groups in total. The van der Waals surface area contributed by atoms with Gasteiger partial charge in [0.2, 0.25) is 5.95 Å². The Kier molecular flexibility index (Phi) is 6.54. The van der Waals surface area contributed by atoms with Gasteiger partial charge in [0.25, 0.3) is 5.91 Å². The summed E-state index contributed by atoms with van der Waals surface area (Å²) >= 11 is 0. The van der Waals surface area contributed by atoms with Crippen LogP contribution in [0.5, 0.6) is 0 Å². The van der Waals surface area contributed by atoms with Gasteiger partial charge >= 0.3 is 0 Å². The molecule has 150 valence electrons. The van der Waals surface area contributed by atoms with Crippen molar-refractivity contribution in [1.29, 1.82) is 0 Å². The third-order valence-corrected chi connectivity index (χ3v) is 4.99. The minimum Gasteiger partial charge on any atom is -0.352 e. The normalized spacial score (nSPS) is 17.0. The second-order valence-electron chi connectivity index (χ2n) is 7.59. The summed E-state index contributed by atoms with van der Waals surface area (Å²) < 4.78 is 27.6. The van der Waals surface area contributed by atoms with E-state index >= 15 is 0 Å². The van der Waals surface area contributed by atoms with E-state index in [0.717, 1.165) is 12.8 Å². The predicted octanol–water partition coefficient (Wildman–Crippen LogP) is 4.06. The molecule has 0 radical (unpaired) electrons. The van der Waals surface area contributed by atoms with Gasteiger partial charge in [0.1, 0.15) is 11.6 Å². The summed E-state index contributed by atoms with van der Waals surface area (Å²) in [4.78, 5) is 23.0. The van der Waals surface area contributed by atoms with Crippen molar-refractivity contribution < 1.29 is 13.6 Å². The lowest BCUT2D eigenvalue weighted by atomic mass is 9.91. The van der Waals surface area contributed by atoms with Crippen molar-refractivity contribution in [3.8, 4) is 0 Å². The van der Waals surface area contributed by atoms with Gasteiger partial charge in [-0.2, -0.15) is 0 Å². The first-order valence-corrected chi connectivity index (χ1v) is 9.74. The summed E-state index contributed by atoms with van der Waals surface area (Å²) in [5.74, 6) is -0.390. The number of piperidine rings is 1. The van der Waals surface area contributed by atoms with Crippen molar-refractivity contribution in [2.45, 2.75) is 45.6 Å². The first-order valence-electron chi connectivity index (χ1n) is 9.74. The molecule has 7 heteroatoms. The van der Waals surface area contributed by atoms with E-state index in [-0.39, 0.29) is 23.4 Å². The molecular formula is C21H26F2N4O. The number of hydrogen-bond donors (Lipinski definition) is 1. The van der Waals surface area contributed by atoms with Crippen LogP contribution in [0, 0.1) is 17.6 Å². The molecule has 3 rings (SSSR count). The van der Waals surface area contributed by atoms with E-state index in [2.05, 4.69) is 15.3 Å². The van der Waals surface area contributed by atoms with Crippen LogP contribution >= 0.6 is 0 Å². The average molecular weight is 388 g/mol. The standard InChI is InChI=1S/C21H26F2N4O/c1-14(2)26-21-24-11-16(12-25-21)20(28)27-10-4-5-15(13-27)8-9-17-18(22)6-3-7-19(17)23/h3,6-7,11-12,14-15H,4-5,8-10,13H2,1-2H3,(H,24,25,26)/t15-/m1/s1. The fourth-order valence-electron chi connectivity index (χ4n) is 3.56. The molecule has 0 bridgehead atoms. The largest absolute Gasteiger partial charge is 0.352 e. The number of carbonyl (C=O) groups is 1. The molecule has 1 aromatic carbocycles. The molecule has 2 heterocycles. The van der Waals surface area contributed by atoms with Gasteiger partial charge in [-0.05, 0) is 57.6 Å². The summed E-state index contributed by atoms with van der Waals surface area (Å²) in [5, 5.41) is 3.09. The molecule has 5 nitrogen and oxygen atoms in total. The van der Waals surface area contributed by atoms with Crippen LogP contribution in [0.3, 0.4) is 0 Å². The van der Waals surface area contributed by atoms with Crippen LogP contribution < -0.4 is 5.32 Å². The number of nitrogens with one attached hydrogen (secondary N) is 1. The Morgan fingerprint density at radius 3 is 2.57 bits per heavy atom. The summed E-state index contributed by atoms with van der Waals surface area (Å²) in [6.45, 7) is 5.24. The van der Waals surface area contributed by atoms with Crippen molar-refractivity contribution in [2.24, 2.45) is 5.92 Å². The minimum atomic E-state index is -0.504. The third-order valence-electron chi connectivity index (χ3n) is 4.99. The second-order valence-corrected chi connectivity index (χ2v) is 7.59. The maximum absolute atomic E-state index is 13.8. The molecule has 2 aromatic rings. The summed E-state index contributed by atoms with van der Waals surface area (Å²) in [6.07, 6.45) is 5.90. The zero-order valence-electron chi connectivity index (χ0n) is 16.3. The van der Waals surface area contributed by atoms with Crippen LogP contribution in [0.1, 0.15) is 49.0 Å². The number of carbonyl (C=O) groups excluding carboxylic acids is 1. The van der Waals surface area contributed by atoms with Crippen molar-refractivity contribution in [3.63, 3.8) is 0 Å². The van der Waals surface area contributed by atoms with E-state index in [9.17, 15) is 13.6 Å². The highest BCUT2D eigenvalue weighted by Crippen LogP contribution is 2.24. The molecule has 0 saturated carbocycles. The number of nitrogens with zero attached hydrogens (tertiary/aromatic N) is 3. The lowest BCUT2D eigenvalue weighted by molar-refractivity contribution is 0.0667. The molecular weight excluding hydrogens is 362 g/mol. The highest BCUT2D eigenvalue weighted by Gasteiger charge is 2.25. The molecule has 1 aliphatic rings. The molecule has 1 atom stereocenters. The molecule has 1 aromatic heterocycles. The smallest absolute Gasteiger partial charge is 0.257 e. The molecule has 0 aliphatic carbocycles. The Bertz CT molecular complexity index is 790. The maximum Gasteiger partial charge on any atom is 0.257 e. The molecule has 0 spiro atoms. The number of halogens is 2. The zero-order chi connectivity index (χ0) is 20.1. The Hall–Kier alpha value is -2.57. The molecule has 1 amide bonds. The minimum absolute atomic E-state index is 0.0992. The number of rotatable bonds is 6. The van der Waals surface area contributed by atoms with Gasteiger partial charge in [0, 0.05) is 37.1 Å².